The van der Waals surface area contributed by atoms with E-state index < -0.39 is 0 Å². The van der Waals surface area contributed by atoms with E-state index in [0.717, 1.165) is 4.88 Å². The molecular formula is C13H11NO2S. The minimum Gasteiger partial charge on any atom is -0.490 e. The number of rotatable bonds is 1. The second-order valence-electron chi connectivity index (χ2n) is 3.85. The zero-order valence-electron chi connectivity index (χ0n) is 9.05. The van der Waals surface area contributed by atoms with Crippen LogP contribution in [0.2, 0.25) is 0 Å². The maximum atomic E-state index is 12.0. The number of ether oxygens (including phenoxy) is 1. The molecule has 0 bridgehead atoms. The van der Waals surface area contributed by atoms with Crippen LogP contribution >= 0.6 is 11.3 Å². The van der Waals surface area contributed by atoms with Crippen LogP contribution in [-0.4, -0.2) is 12.5 Å². The Morgan fingerprint density at radius 1 is 1.24 bits per heavy atom. The van der Waals surface area contributed by atoms with Gasteiger partial charge in [0.15, 0.2) is 0 Å². The van der Waals surface area contributed by atoms with E-state index in [4.69, 9.17) is 4.74 Å². The molecule has 86 valence electrons. The molecule has 0 saturated heterocycles. The fraction of sp³-hybridized carbons (Fsp3) is 0.154. The zero-order chi connectivity index (χ0) is 11.7. The maximum Gasteiger partial charge on any atom is 0.255 e. The average Bonchev–Trinajstić information content (AvgIpc) is 2.83. The Morgan fingerprint density at radius 2 is 2.12 bits per heavy atom. The van der Waals surface area contributed by atoms with Crippen molar-refractivity contribution in [2.24, 2.45) is 0 Å². The number of carbonyl (C=O) groups excluding carboxylic acids is 1. The predicted octanol–water partition coefficient (Wildman–Crippen LogP) is 2.61. The zero-order valence-corrected chi connectivity index (χ0v) is 9.87. The summed E-state index contributed by atoms with van der Waals surface area (Å²) in [5.41, 5.74) is 0.603. The molecule has 1 amide bonds. The molecule has 4 heteroatoms. The molecule has 1 aromatic carbocycles. The number of para-hydroxylation sites is 1. The van der Waals surface area contributed by atoms with Crippen LogP contribution in [0.1, 0.15) is 21.3 Å². The van der Waals surface area contributed by atoms with Gasteiger partial charge < -0.3 is 10.1 Å². The topological polar surface area (TPSA) is 38.3 Å². The van der Waals surface area contributed by atoms with Crippen LogP contribution in [-0.2, 0) is 0 Å². The smallest absolute Gasteiger partial charge is 0.255 e. The molecule has 0 fully saturated rings. The first-order chi connectivity index (χ1) is 8.34. The van der Waals surface area contributed by atoms with Crippen LogP contribution < -0.4 is 10.1 Å². The van der Waals surface area contributed by atoms with Crippen LogP contribution in [0.3, 0.4) is 0 Å². The molecule has 0 aliphatic carbocycles. The van der Waals surface area contributed by atoms with Gasteiger partial charge in [-0.05, 0) is 23.6 Å². The third-order valence-corrected chi connectivity index (χ3v) is 3.72. The quantitative estimate of drug-likeness (QED) is 0.838. The van der Waals surface area contributed by atoms with Crippen molar-refractivity contribution in [1.82, 2.24) is 5.32 Å². The van der Waals surface area contributed by atoms with Crippen molar-refractivity contribution in [3.8, 4) is 5.75 Å². The number of carbonyl (C=O) groups is 1. The first-order valence-electron chi connectivity index (χ1n) is 5.41. The maximum absolute atomic E-state index is 12.0. The predicted molar refractivity (Wildman–Crippen MR) is 66.5 cm³/mol. The van der Waals surface area contributed by atoms with E-state index in [-0.39, 0.29) is 11.9 Å². The monoisotopic (exact) mass is 245 g/mol. The summed E-state index contributed by atoms with van der Waals surface area (Å²) in [4.78, 5) is 13.1. The van der Waals surface area contributed by atoms with Gasteiger partial charge in [0.05, 0.1) is 11.6 Å². The van der Waals surface area contributed by atoms with E-state index in [1.54, 1.807) is 17.4 Å². The first kappa shape index (κ1) is 10.4. The summed E-state index contributed by atoms with van der Waals surface area (Å²) in [5, 5.41) is 4.98. The summed E-state index contributed by atoms with van der Waals surface area (Å²) >= 11 is 1.62. The SMILES string of the molecule is O=C1NC(c2cccs2)COc2ccccc21. The number of hydrogen-bond donors (Lipinski definition) is 1. The molecule has 2 aromatic rings. The van der Waals surface area contributed by atoms with E-state index in [1.807, 2.05) is 35.7 Å². The highest BCUT2D eigenvalue weighted by molar-refractivity contribution is 7.10. The van der Waals surface area contributed by atoms with Gasteiger partial charge in [-0.2, -0.15) is 0 Å². The molecular weight excluding hydrogens is 234 g/mol. The molecule has 0 radical (unpaired) electrons. The summed E-state index contributed by atoms with van der Waals surface area (Å²) in [7, 11) is 0. The Hall–Kier alpha value is -1.81. The average molecular weight is 245 g/mol. The van der Waals surface area contributed by atoms with E-state index in [2.05, 4.69) is 5.32 Å². The van der Waals surface area contributed by atoms with Gasteiger partial charge >= 0.3 is 0 Å². The van der Waals surface area contributed by atoms with Crippen molar-refractivity contribution in [1.29, 1.82) is 0 Å². The molecule has 0 spiro atoms. The summed E-state index contributed by atoms with van der Waals surface area (Å²) in [5.74, 6) is 0.584. The lowest BCUT2D eigenvalue weighted by Crippen LogP contribution is -2.28. The number of benzene rings is 1. The van der Waals surface area contributed by atoms with Crippen LogP contribution in [0.25, 0.3) is 0 Å². The Bertz CT molecular complexity index is 536. The number of thiophene rings is 1. The Morgan fingerprint density at radius 3 is 2.94 bits per heavy atom. The van der Waals surface area contributed by atoms with Crippen molar-refractivity contribution in [3.63, 3.8) is 0 Å². The number of nitrogens with one attached hydrogen (secondary N) is 1. The second-order valence-corrected chi connectivity index (χ2v) is 4.83. The fourth-order valence-electron chi connectivity index (χ4n) is 1.87. The summed E-state index contributed by atoms with van der Waals surface area (Å²) in [6, 6.07) is 11.2. The number of hydrogen-bond acceptors (Lipinski definition) is 3. The van der Waals surface area contributed by atoms with Crippen molar-refractivity contribution >= 4 is 17.2 Å². The Labute approximate surface area is 103 Å². The molecule has 1 atom stereocenters. The third kappa shape index (κ3) is 1.91. The molecule has 3 nitrogen and oxygen atoms in total. The van der Waals surface area contributed by atoms with E-state index in [0.29, 0.717) is 17.9 Å². The van der Waals surface area contributed by atoms with Gasteiger partial charge in [-0.25, -0.2) is 0 Å². The lowest BCUT2D eigenvalue weighted by atomic mass is 10.2. The Kier molecular flexibility index (Phi) is 2.57. The molecule has 1 N–H and O–H groups in total. The number of amides is 1. The minimum absolute atomic E-state index is 0.0603. The van der Waals surface area contributed by atoms with Crippen molar-refractivity contribution in [2.45, 2.75) is 6.04 Å². The van der Waals surface area contributed by atoms with E-state index >= 15 is 0 Å². The van der Waals surface area contributed by atoms with Crippen LogP contribution in [0.15, 0.2) is 41.8 Å². The summed E-state index contributed by atoms with van der Waals surface area (Å²) in [6.45, 7) is 0.475. The molecule has 0 saturated carbocycles. The summed E-state index contributed by atoms with van der Waals surface area (Å²) < 4.78 is 5.68. The van der Waals surface area contributed by atoms with Crippen molar-refractivity contribution in [2.75, 3.05) is 6.61 Å². The van der Waals surface area contributed by atoms with Crippen LogP contribution in [0.5, 0.6) is 5.75 Å². The fourth-order valence-corrected chi connectivity index (χ4v) is 2.64. The van der Waals surface area contributed by atoms with Gasteiger partial charge in [0.1, 0.15) is 12.4 Å². The lowest BCUT2D eigenvalue weighted by molar-refractivity contribution is 0.0939. The molecule has 1 unspecified atom stereocenters. The first-order valence-corrected chi connectivity index (χ1v) is 6.28. The molecule has 1 aliphatic heterocycles. The highest BCUT2D eigenvalue weighted by atomic mass is 32.1. The molecule has 1 aliphatic rings. The van der Waals surface area contributed by atoms with Gasteiger partial charge in [-0.1, -0.05) is 18.2 Å². The van der Waals surface area contributed by atoms with Gasteiger partial charge in [-0.3, -0.25) is 4.79 Å². The van der Waals surface area contributed by atoms with Gasteiger partial charge in [-0.15, -0.1) is 11.3 Å². The molecule has 3 rings (SSSR count). The highest BCUT2D eigenvalue weighted by Gasteiger charge is 2.23. The van der Waals surface area contributed by atoms with Crippen molar-refractivity contribution in [3.05, 3.63) is 52.2 Å². The second kappa shape index (κ2) is 4.22. The third-order valence-electron chi connectivity index (χ3n) is 2.73. The summed E-state index contributed by atoms with van der Waals surface area (Å²) in [6.07, 6.45) is 0. The van der Waals surface area contributed by atoms with E-state index in [9.17, 15) is 4.79 Å². The van der Waals surface area contributed by atoms with Gasteiger partial charge in [0.2, 0.25) is 0 Å². The largest absolute Gasteiger partial charge is 0.490 e. The number of fused-ring (bicyclic) bond motifs is 1. The molecule has 1 aromatic heterocycles. The lowest BCUT2D eigenvalue weighted by Gasteiger charge is -2.13. The Balaban J connectivity index is 1.92. The van der Waals surface area contributed by atoms with Crippen LogP contribution in [0, 0.1) is 0 Å². The molecule has 2 heterocycles. The minimum atomic E-state index is -0.0727. The normalized spacial score (nSPS) is 18.8. The molecule has 17 heavy (non-hydrogen) atoms. The van der Waals surface area contributed by atoms with E-state index in [1.165, 1.54) is 0 Å². The van der Waals surface area contributed by atoms with Crippen molar-refractivity contribution < 1.29 is 9.53 Å². The standard InChI is InChI=1S/C13H11NO2S/c15-13-9-4-1-2-5-11(9)16-8-10(14-13)12-6-3-7-17-12/h1-7,10H,8H2,(H,14,15). The van der Waals surface area contributed by atoms with Gasteiger partial charge in [0, 0.05) is 4.88 Å². The van der Waals surface area contributed by atoms with Crippen LogP contribution in [0.4, 0.5) is 0 Å². The highest BCUT2D eigenvalue weighted by Crippen LogP contribution is 2.26. The van der Waals surface area contributed by atoms with Gasteiger partial charge in [0.25, 0.3) is 5.91 Å².